The molecule has 0 amide bonds. The lowest BCUT2D eigenvalue weighted by molar-refractivity contribution is -0.671. The third-order valence-corrected chi connectivity index (χ3v) is 2.68. The quantitative estimate of drug-likeness (QED) is 0.713. The third-order valence-electron chi connectivity index (χ3n) is 2.33. The Labute approximate surface area is 106 Å². The predicted molar refractivity (Wildman–Crippen MR) is 66.8 cm³/mol. The Bertz CT molecular complexity index is 358. The van der Waals surface area contributed by atoms with Gasteiger partial charge in [-0.3, -0.25) is 0 Å². The average Bonchev–Trinajstić information content (AvgIpc) is 2.32. The number of ether oxygens (including phenoxy) is 2. The highest BCUT2D eigenvalue weighted by Crippen LogP contribution is 2.32. The number of aliphatic hydroxyl groups excluding tert-OH is 1. The van der Waals surface area contributed by atoms with Crippen LogP contribution in [0.2, 0.25) is 5.02 Å². The van der Waals surface area contributed by atoms with Crippen molar-refractivity contribution in [1.82, 2.24) is 0 Å². The van der Waals surface area contributed by atoms with Crippen molar-refractivity contribution in [3.8, 4) is 11.5 Å². The number of aliphatic hydroxyl groups is 1. The Morgan fingerprint density at radius 3 is 2.71 bits per heavy atom. The molecule has 5 heteroatoms. The van der Waals surface area contributed by atoms with Crippen molar-refractivity contribution in [2.45, 2.75) is 13.5 Å². The second-order valence-corrected chi connectivity index (χ2v) is 3.94. The lowest BCUT2D eigenvalue weighted by atomic mass is 10.2. The van der Waals surface area contributed by atoms with Crippen LogP contribution in [0.25, 0.3) is 0 Å². The van der Waals surface area contributed by atoms with Crippen LogP contribution in [0, 0.1) is 0 Å². The summed E-state index contributed by atoms with van der Waals surface area (Å²) >= 11 is 6.15. The van der Waals surface area contributed by atoms with Gasteiger partial charge in [-0.2, -0.15) is 0 Å². The van der Waals surface area contributed by atoms with Gasteiger partial charge in [0.05, 0.1) is 31.9 Å². The fourth-order valence-electron chi connectivity index (χ4n) is 1.51. The summed E-state index contributed by atoms with van der Waals surface area (Å²) in [6, 6.07) is 3.65. The number of methoxy groups -OCH3 is 1. The summed E-state index contributed by atoms with van der Waals surface area (Å²) in [6.45, 7) is 4.01. The van der Waals surface area contributed by atoms with E-state index < -0.39 is 0 Å². The molecule has 0 fully saturated rings. The van der Waals surface area contributed by atoms with Gasteiger partial charge < -0.3 is 19.9 Å². The van der Waals surface area contributed by atoms with Crippen LogP contribution in [0.1, 0.15) is 12.5 Å². The largest absolute Gasteiger partial charge is 0.493 e. The molecule has 0 spiro atoms. The number of hydrogen-bond donors (Lipinski definition) is 2. The van der Waals surface area contributed by atoms with Crippen molar-refractivity contribution in [1.29, 1.82) is 0 Å². The molecule has 17 heavy (non-hydrogen) atoms. The highest BCUT2D eigenvalue weighted by Gasteiger charge is 2.11. The van der Waals surface area contributed by atoms with Gasteiger partial charge in [-0.15, -0.1) is 0 Å². The maximum Gasteiger partial charge on any atom is 0.162 e. The molecule has 0 saturated heterocycles. The number of hydrogen-bond acceptors (Lipinski definition) is 3. The molecule has 0 aliphatic carbocycles. The summed E-state index contributed by atoms with van der Waals surface area (Å²) in [7, 11) is 1.60. The zero-order valence-electron chi connectivity index (χ0n) is 10.2. The van der Waals surface area contributed by atoms with Crippen molar-refractivity contribution in [2.75, 3.05) is 26.9 Å². The van der Waals surface area contributed by atoms with E-state index in [0.717, 1.165) is 5.56 Å². The van der Waals surface area contributed by atoms with Gasteiger partial charge in [0.15, 0.2) is 11.5 Å². The van der Waals surface area contributed by atoms with E-state index in [9.17, 15) is 0 Å². The minimum absolute atomic E-state index is 0.159. The summed E-state index contributed by atoms with van der Waals surface area (Å²) < 4.78 is 10.7. The van der Waals surface area contributed by atoms with Crippen molar-refractivity contribution >= 4 is 11.6 Å². The number of rotatable bonds is 7. The molecule has 4 nitrogen and oxygen atoms in total. The van der Waals surface area contributed by atoms with Crippen LogP contribution in [0.15, 0.2) is 12.1 Å². The van der Waals surface area contributed by atoms with E-state index in [2.05, 4.69) is 0 Å². The Kier molecular flexibility index (Phi) is 6.11. The van der Waals surface area contributed by atoms with Crippen LogP contribution >= 0.6 is 11.6 Å². The molecule has 96 valence electrons. The molecule has 1 aromatic carbocycles. The van der Waals surface area contributed by atoms with E-state index in [4.69, 9.17) is 26.2 Å². The van der Waals surface area contributed by atoms with Gasteiger partial charge in [0, 0.05) is 11.6 Å². The van der Waals surface area contributed by atoms with Crippen LogP contribution < -0.4 is 14.8 Å². The molecule has 0 unspecified atom stereocenters. The molecule has 0 saturated carbocycles. The molecule has 0 aromatic heterocycles. The Hall–Kier alpha value is -0.970. The second kappa shape index (κ2) is 7.37. The third kappa shape index (κ3) is 4.07. The second-order valence-electron chi connectivity index (χ2n) is 3.53. The lowest BCUT2D eigenvalue weighted by Gasteiger charge is -2.12. The normalized spacial score (nSPS) is 10.4. The molecule has 1 aromatic rings. The van der Waals surface area contributed by atoms with Gasteiger partial charge in [0.1, 0.15) is 6.54 Å². The minimum Gasteiger partial charge on any atom is -0.493 e. The molecular formula is C12H19ClNO3+. The predicted octanol–water partition coefficient (Wildman–Crippen LogP) is 0.803. The van der Waals surface area contributed by atoms with Crippen molar-refractivity contribution in [3.05, 3.63) is 22.7 Å². The van der Waals surface area contributed by atoms with Crippen LogP contribution in [0.4, 0.5) is 0 Å². The van der Waals surface area contributed by atoms with E-state index in [1.54, 1.807) is 13.2 Å². The molecular weight excluding hydrogens is 242 g/mol. The zero-order valence-corrected chi connectivity index (χ0v) is 11.0. The van der Waals surface area contributed by atoms with Gasteiger partial charge in [-0.1, -0.05) is 11.6 Å². The zero-order chi connectivity index (χ0) is 12.7. The topological polar surface area (TPSA) is 55.3 Å². The van der Waals surface area contributed by atoms with Crippen molar-refractivity contribution in [2.24, 2.45) is 0 Å². The number of halogens is 1. The summed E-state index contributed by atoms with van der Waals surface area (Å²) in [4.78, 5) is 0. The highest BCUT2D eigenvalue weighted by molar-refractivity contribution is 6.31. The maximum atomic E-state index is 8.72. The van der Waals surface area contributed by atoms with Gasteiger partial charge in [0.25, 0.3) is 0 Å². The Balaban J connectivity index is 2.84. The highest BCUT2D eigenvalue weighted by atomic mass is 35.5. The molecule has 0 atom stereocenters. The van der Waals surface area contributed by atoms with Gasteiger partial charge in [-0.05, 0) is 13.0 Å². The molecule has 0 aliphatic heterocycles. The van der Waals surface area contributed by atoms with Crippen LogP contribution in [-0.4, -0.2) is 32.0 Å². The van der Waals surface area contributed by atoms with Gasteiger partial charge >= 0.3 is 0 Å². The van der Waals surface area contributed by atoms with Gasteiger partial charge in [0.2, 0.25) is 0 Å². The number of benzene rings is 1. The van der Waals surface area contributed by atoms with E-state index in [0.29, 0.717) is 36.2 Å². The number of nitrogens with two attached hydrogens (primary N) is 1. The fraction of sp³-hybridized carbons (Fsp3) is 0.500. The van der Waals surface area contributed by atoms with Crippen LogP contribution in [0.5, 0.6) is 11.5 Å². The first kappa shape index (κ1) is 14.1. The van der Waals surface area contributed by atoms with E-state index in [1.165, 1.54) is 0 Å². The number of quaternary nitrogens is 1. The van der Waals surface area contributed by atoms with Crippen LogP contribution in [0.3, 0.4) is 0 Å². The smallest absolute Gasteiger partial charge is 0.162 e. The summed E-state index contributed by atoms with van der Waals surface area (Å²) in [5.74, 6) is 1.34. The fourth-order valence-corrected chi connectivity index (χ4v) is 1.74. The summed E-state index contributed by atoms with van der Waals surface area (Å²) in [6.07, 6.45) is 0. The molecule has 1 rings (SSSR count). The first-order chi connectivity index (χ1) is 8.22. The van der Waals surface area contributed by atoms with Gasteiger partial charge in [-0.25, -0.2) is 0 Å². The Morgan fingerprint density at radius 2 is 2.12 bits per heavy atom. The standard InChI is InChI=1S/C12H18ClNO3/c1-3-17-12-7-10(13)9(6-11(12)16-2)8-14-4-5-15/h6-7,14-15H,3-5,8H2,1-2H3/p+1. The van der Waals surface area contributed by atoms with E-state index in [-0.39, 0.29) is 6.61 Å². The van der Waals surface area contributed by atoms with Crippen LogP contribution in [-0.2, 0) is 6.54 Å². The Morgan fingerprint density at radius 1 is 1.35 bits per heavy atom. The maximum absolute atomic E-state index is 8.72. The molecule has 0 aliphatic rings. The lowest BCUT2D eigenvalue weighted by Crippen LogP contribution is -2.83. The van der Waals surface area contributed by atoms with Crippen molar-refractivity contribution in [3.63, 3.8) is 0 Å². The minimum atomic E-state index is 0.159. The van der Waals surface area contributed by atoms with Crippen molar-refractivity contribution < 1.29 is 19.9 Å². The molecule has 0 radical (unpaired) electrons. The van der Waals surface area contributed by atoms with E-state index >= 15 is 0 Å². The first-order valence-corrected chi connectivity index (χ1v) is 6.02. The molecule has 0 heterocycles. The summed E-state index contributed by atoms with van der Waals surface area (Å²) in [5.41, 5.74) is 0.973. The molecule has 0 bridgehead atoms. The first-order valence-electron chi connectivity index (χ1n) is 5.64. The SMILES string of the molecule is CCOc1cc(Cl)c(C[NH2+]CCO)cc1OC. The van der Waals surface area contributed by atoms with E-state index in [1.807, 2.05) is 18.3 Å². The average molecular weight is 261 g/mol. The summed E-state index contributed by atoms with van der Waals surface area (Å²) in [5, 5.41) is 11.4. The monoisotopic (exact) mass is 260 g/mol. The molecule has 3 N–H and O–H groups in total.